The highest BCUT2D eigenvalue weighted by molar-refractivity contribution is 7.90. The van der Waals surface area contributed by atoms with Crippen molar-refractivity contribution < 1.29 is 23.1 Å². The maximum atomic E-state index is 13.9. The lowest BCUT2D eigenvalue weighted by Crippen LogP contribution is -2.16. The van der Waals surface area contributed by atoms with Crippen molar-refractivity contribution in [3.8, 4) is 28.3 Å². The van der Waals surface area contributed by atoms with E-state index in [1.54, 1.807) is 73.7 Å². The van der Waals surface area contributed by atoms with Gasteiger partial charge in [0.2, 0.25) is 0 Å². The van der Waals surface area contributed by atoms with E-state index in [2.05, 4.69) is 0 Å². The maximum Gasteiger partial charge on any atom is 0.344 e. The number of nitrogens with zero attached hydrogens (tertiary/aromatic N) is 1. The molecule has 1 aromatic heterocycles. The zero-order chi connectivity index (χ0) is 24.5. The number of ether oxygens (including phenoxy) is 1. The molecule has 0 amide bonds. The smallest absolute Gasteiger partial charge is 0.344 e. The summed E-state index contributed by atoms with van der Waals surface area (Å²) in [6.07, 6.45) is 0. The van der Waals surface area contributed by atoms with E-state index in [0.29, 0.717) is 21.2 Å². The van der Waals surface area contributed by atoms with Crippen LogP contribution in [0.4, 0.5) is 0 Å². The molecule has 0 unspecified atom stereocenters. The van der Waals surface area contributed by atoms with Crippen molar-refractivity contribution in [2.24, 2.45) is 0 Å². The molecular formula is C25H19Cl2NO5S. The fourth-order valence-corrected chi connectivity index (χ4v) is 5.44. The second-order valence-corrected chi connectivity index (χ2v) is 9.90. The molecule has 0 spiro atoms. The number of halogens is 2. The normalized spacial score (nSPS) is 11.4. The Morgan fingerprint density at radius 1 is 0.853 bits per heavy atom. The summed E-state index contributed by atoms with van der Waals surface area (Å²) in [5, 5.41) is 12.1. The van der Waals surface area contributed by atoms with E-state index in [4.69, 9.17) is 27.9 Å². The van der Waals surface area contributed by atoms with Gasteiger partial charge in [0.1, 0.15) is 11.3 Å². The molecule has 0 atom stereocenters. The van der Waals surface area contributed by atoms with Gasteiger partial charge in [-0.2, -0.15) is 0 Å². The van der Waals surface area contributed by atoms with Crippen molar-refractivity contribution in [2.75, 3.05) is 6.61 Å². The van der Waals surface area contributed by atoms with Crippen LogP contribution in [0.1, 0.15) is 17.3 Å². The fraction of sp³-hybridized carbons (Fsp3) is 0.0800. The quantitative estimate of drug-likeness (QED) is 0.306. The standard InChI is InChI=1S/C25H19Cl2NO5S/c1-2-33-25(30)21-22(16-8-12-18(26)13-9-16)28(34(31,32)20-6-4-3-5-7-20)23(24(21)29)17-10-14-19(27)15-11-17/h3-15,29H,2H2,1H3. The summed E-state index contributed by atoms with van der Waals surface area (Å²) in [7, 11) is -4.28. The monoisotopic (exact) mass is 515 g/mol. The van der Waals surface area contributed by atoms with Gasteiger partial charge in [0, 0.05) is 21.2 Å². The van der Waals surface area contributed by atoms with Crippen LogP contribution in [0.3, 0.4) is 0 Å². The Balaban J connectivity index is 2.17. The first-order chi connectivity index (χ1) is 16.3. The number of rotatable bonds is 6. The van der Waals surface area contributed by atoms with Crippen molar-refractivity contribution in [3.05, 3.63) is 94.5 Å². The highest BCUT2D eigenvalue weighted by Gasteiger charge is 2.35. The average molecular weight is 516 g/mol. The van der Waals surface area contributed by atoms with Crippen molar-refractivity contribution in [1.82, 2.24) is 3.97 Å². The van der Waals surface area contributed by atoms with E-state index in [0.717, 1.165) is 3.97 Å². The molecule has 1 heterocycles. The number of aromatic nitrogens is 1. The second-order valence-electron chi connectivity index (χ2n) is 7.24. The topological polar surface area (TPSA) is 85.6 Å². The van der Waals surface area contributed by atoms with Crippen molar-refractivity contribution in [2.45, 2.75) is 11.8 Å². The number of benzene rings is 3. The van der Waals surface area contributed by atoms with Gasteiger partial charge in [0.25, 0.3) is 10.0 Å². The van der Waals surface area contributed by atoms with Crippen LogP contribution in [-0.4, -0.2) is 30.1 Å². The lowest BCUT2D eigenvalue weighted by atomic mass is 10.1. The van der Waals surface area contributed by atoms with Gasteiger partial charge in [0.05, 0.1) is 17.2 Å². The molecule has 1 N–H and O–H groups in total. The highest BCUT2D eigenvalue weighted by atomic mass is 35.5. The van der Waals surface area contributed by atoms with Crippen LogP contribution >= 0.6 is 23.2 Å². The summed E-state index contributed by atoms with van der Waals surface area (Å²) in [6.45, 7) is 1.65. The zero-order valence-corrected chi connectivity index (χ0v) is 20.2. The number of aromatic hydroxyl groups is 1. The Kier molecular flexibility index (Phi) is 6.70. The first kappa shape index (κ1) is 23.9. The number of hydrogen-bond donors (Lipinski definition) is 1. The van der Waals surface area contributed by atoms with E-state index in [-0.39, 0.29) is 28.5 Å². The molecule has 9 heteroatoms. The minimum absolute atomic E-state index is 0.0224. The molecule has 3 aromatic carbocycles. The SMILES string of the molecule is CCOC(=O)c1c(O)c(-c2ccc(Cl)cc2)n(S(=O)(=O)c2ccccc2)c1-c1ccc(Cl)cc1. The molecule has 0 saturated heterocycles. The summed E-state index contributed by atoms with van der Waals surface area (Å²) < 4.78 is 34.0. The first-order valence-electron chi connectivity index (χ1n) is 10.2. The number of carbonyl (C=O) groups is 1. The summed E-state index contributed by atoms with van der Waals surface area (Å²) in [5.74, 6) is -1.38. The van der Waals surface area contributed by atoms with Crippen LogP contribution < -0.4 is 0 Å². The summed E-state index contributed by atoms with van der Waals surface area (Å²) in [6, 6.07) is 20.3. The fourth-order valence-electron chi connectivity index (χ4n) is 3.61. The van der Waals surface area contributed by atoms with E-state index < -0.39 is 21.7 Å². The van der Waals surface area contributed by atoms with Gasteiger partial charge < -0.3 is 9.84 Å². The van der Waals surface area contributed by atoms with E-state index in [1.807, 2.05) is 0 Å². The molecule has 4 rings (SSSR count). The molecule has 34 heavy (non-hydrogen) atoms. The molecule has 0 radical (unpaired) electrons. The molecule has 0 fully saturated rings. The summed E-state index contributed by atoms with van der Waals surface area (Å²) in [4.78, 5) is 13.0. The molecular weight excluding hydrogens is 497 g/mol. The van der Waals surface area contributed by atoms with Crippen LogP contribution in [0.25, 0.3) is 22.5 Å². The van der Waals surface area contributed by atoms with Gasteiger partial charge in [-0.15, -0.1) is 0 Å². The second kappa shape index (κ2) is 9.54. The molecule has 0 saturated carbocycles. The Morgan fingerprint density at radius 2 is 1.35 bits per heavy atom. The van der Waals surface area contributed by atoms with Crippen molar-refractivity contribution >= 4 is 39.2 Å². The molecule has 174 valence electrons. The molecule has 0 aliphatic rings. The van der Waals surface area contributed by atoms with Gasteiger partial charge >= 0.3 is 5.97 Å². The van der Waals surface area contributed by atoms with Crippen LogP contribution in [0, 0.1) is 0 Å². The van der Waals surface area contributed by atoms with Crippen LogP contribution in [0.2, 0.25) is 10.0 Å². The van der Waals surface area contributed by atoms with E-state index in [1.165, 1.54) is 12.1 Å². The van der Waals surface area contributed by atoms with Gasteiger partial charge in [-0.05, 0) is 43.3 Å². The van der Waals surface area contributed by atoms with Crippen molar-refractivity contribution in [1.29, 1.82) is 0 Å². The van der Waals surface area contributed by atoms with Gasteiger partial charge in [0.15, 0.2) is 5.75 Å². The van der Waals surface area contributed by atoms with Crippen LogP contribution in [0.15, 0.2) is 83.8 Å². The summed E-state index contributed by atoms with van der Waals surface area (Å²) in [5.41, 5.74) is 0.290. The Labute approximate surface area is 207 Å². The maximum absolute atomic E-state index is 13.9. The van der Waals surface area contributed by atoms with Gasteiger partial charge in [-0.3, -0.25) is 0 Å². The van der Waals surface area contributed by atoms with E-state index in [9.17, 15) is 18.3 Å². The third-order valence-corrected chi connectivity index (χ3v) is 7.32. The summed E-state index contributed by atoms with van der Waals surface area (Å²) >= 11 is 12.1. The molecule has 0 bridgehead atoms. The Morgan fingerprint density at radius 3 is 1.85 bits per heavy atom. The average Bonchev–Trinajstić information content (AvgIpc) is 3.14. The van der Waals surface area contributed by atoms with Crippen molar-refractivity contribution in [3.63, 3.8) is 0 Å². The minimum Gasteiger partial charge on any atom is -0.505 e. The van der Waals surface area contributed by atoms with Crippen LogP contribution in [0.5, 0.6) is 5.75 Å². The largest absolute Gasteiger partial charge is 0.505 e. The molecule has 0 aliphatic carbocycles. The van der Waals surface area contributed by atoms with Crippen LogP contribution in [-0.2, 0) is 14.8 Å². The predicted octanol–water partition coefficient (Wildman–Crippen LogP) is 6.25. The predicted molar refractivity (Wildman–Crippen MR) is 132 cm³/mol. The highest BCUT2D eigenvalue weighted by Crippen LogP contribution is 2.45. The third kappa shape index (κ3) is 4.30. The molecule has 4 aromatic rings. The van der Waals surface area contributed by atoms with Gasteiger partial charge in [-0.25, -0.2) is 17.2 Å². The minimum atomic E-state index is -4.28. The lowest BCUT2D eigenvalue weighted by Gasteiger charge is -2.15. The Bertz CT molecular complexity index is 1450. The van der Waals surface area contributed by atoms with Gasteiger partial charge in [-0.1, -0.05) is 65.7 Å². The molecule has 6 nitrogen and oxygen atoms in total. The molecule has 0 aliphatic heterocycles. The zero-order valence-electron chi connectivity index (χ0n) is 17.9. The number of esters is 1. The first-order valence-corrected chi connectivity index (χ1v) is 12.4. The van der Waals surface area contributed by atoms with E-state index >= 15 is 0 Å². The lowest BCUT2D eigenvalue weighted by molar-refractivity contribution is 0.0524. The third-order valence-electron chi connectivity index (χ3n) is 5.10. The Hall–Kier alpha value is -3.26. The number of carbonyl (C=O) groups excluding carboxylic acids is 1. The number of hydrogen-bond acceptors (Lipinski definition) is 5.